The highest BCUT2D eigenvalue weighted by molar-refractivity contribution is 6.04. The van der Waals surface area contributed by atoms with Crippen LogP contribution in [0.4, 0.5) is 5.69 Å². The Morgan fingerprint density at radius 1 is 1.00 bits per heavy atom. The molecule has 3 aromatic rings. The third kappa shape index (κ3) is 4.96. The van der Waals surface area contributed by atoms with Gasteiger partial charge in [0.25, 0.3) is 11.8 Å². The highest BCUT2D eigenvalue weighted by Crippen LogP contribution is 2.32. The predicted octanol–water partition coefficient (Wildman–Crippen LogP) is 3.23. The van der Waals surface area contributed by atoms with E-state index < -0.39 is 5.91 Å². The van der Waals surface area contributed by atoms with Crippen molar-refractivity contribution >= 4 is 17.5 Å². The minimum atomic E-state index is -0.412. The molecule has 0 bridgehead atoms. The number of hydrogen-bond donors (Lipinski definition) is 2. The van der Waals surface area contributed by atoms with Gasteiger partial charge in [0.05, 0.1) is 22.9 Å². The molecule has 32 heavy (non-hydrogen) atoms. The minimum absolute atomic E-state index is 0.188. The summed E-state index contributed by atoms with van der Waals surface area (Å²) >= 11 is 0. The fourth-order valence-corrected chi connectivity index (χ4v) is 3.08. The summed E-state index contributed by atoms with van der Waals surface area (Å²) in [4.78, 5) is 25.0. The number of para-hydroxylation sites is 1. The van der Waals surface area contributed by atoms with Crippen LogP contribution in [0, 0.1) is 11.3 Å². The predicted molar refractivity (Wildman–Crippen MR) is 115 cm³/mol. The van der Waals surface area contributed by atoms with E-state index in [1.165, 1.54) is 0 Å². The van der Waals surface area contributed by atoms with Crippen molar-refractivity contribution in [2.75, 3.05) is 18.7 Å². The van der Waals surface area contributed by atoms with Gasteiger partial charge in [0.15, 0.2) is 18.1 Å². The maximum Gasteiger partial charge on any atom is 0.262 e. The summed E-state index contributed by atoms with van der Waals surface area (Å²) in [5.74, 6) is 1.05. The smallest absolute Gasteiger partial charge is 0.262 e. The second-order valence-electron chi connectivity index (χ2n) is 6.89. The summed E-state index contributed by atoms with van der Waals surface area (Å²) in [6.07, 6.45) is 0. The Kier molecular flexibility index (Phi) is 6.18. The van der Waals surface area contributed by atoms with Crippen molar-refractivity contribution < 1.29 is 23.8 Å². The summed E-state index contributed by atoms with van der Waals surface area (Å²) in [5.41, 5.74) is 2.08. The number of ether oxygens (including phenoxy) is 3. The van der Waals surface area contributed by atoms with Gasteiger partial charge in [-0.1, -0.05) is 18.2 Å². The molecular formula is C24H19N3O5. The van der Waals surface area contributed by atoms with Crippen molar-refractivity contribution in [1.29, 1.82) is 5.26 Å². The topological polar surface area (TPSA) is 110 Å². The number of nitriles is 1. The number of rotatable bonds is 7. The van der Waals surface area contributed by atoms with Crippen LogP contribution in [0.1, 0.15) is 21.5 Å². The maximum absolute atomic E-state index is 12.7. The van der Waals surface area contributed by atoms with Crippen molar-refractivity contribution in [2.45, 2.75) is 6.54 Å². The van der Waals surface area contributed by atoms with Gasteiger partial charge in [-0.2, -0.15) is 5.26 Å². The number of fused-ring (bicyclic) bond motifs is 1. The first-order valence-electron chi connectivity index (χ1n) is 9.81. The fraction of sp³-hybridized carbons (Fsp3) is 0.125. The van der Waals surface area contributed by atoms with E-state index in [9.17, 15) is 9.59 Å². The highest BCUT2D eigenvalue weighted by Gasteiger charge is 2.16. The van der Waals surface area contributed by atoms with Crippen LogP contribution < -0.4 is 24.8 Å². The molecule has 8 nitrogen and oxygen atoms in total. The quantitative estimate of drug-likeness (QED) is 0.597. The van der Waals surface area contributed by atoms with Crippen LogP contribution in [-0.4, -0.2) is 25.2 Å². The number of amides is 2. The Bertz CT molecular complexity index is 1180. The number of carbonyl (C=O) groups excluding carboxylic acids is 2. The molecule has 0 aliphatic carbocycles. The fourth-order valence-electron chi connectivity index (χ4n) is 3.08. The molecule has 0 fully saturated rings. The van der Waals surface area contributed by atoms with Gasteiger partial charge >= 0.3 is 0 Å². The van der Waals surface area contributed by atoms with Gasteiger partial charge in [-0.3, -0.25) is 9.59 Å². The summed E-state index contributed by atoms with van der Waals surface area (Å²) in [6.45, 7) is 0.242. The van der Waals surface area contributed by atoms with Crippen LogP contribution in [0.3, 0.4) is 0 Å². The first kappa shape index (κ1) is 20.8. The summed E-state index contributed by atoms with van der Waals surface area (Å²) in [5, 5.41) is 14.4. The van der Waals surface area contributed by atoms with Gasteiger partial charge < -0.3 is 24.8 Å². The molecule has 8 heteroatoms. The van der Waals surface area contributed by atoms with Crippen molar-refractivity contribution in [3.8, 4) is 23.3 Å². The number of nitrogens with zero attached hydrogens (tertiary/aromatic N) is 1. The van der Waals surface area contributed by atoms with Crippen LogP contribution in [-0.2, 0) is 11.3 Å². The molecule has 0 spiro atoms. The molecule has 160 valence electrons. The van der Waals surface area contributed by atoms with Crippen molar-refractivity contribution in [3.63, 3.8) is 0 Å². The van der Waals surface area contributed by atoms with E-state index in [-0.39, 0.29) is 19.3 Å². The molecule has 0 aromatic heterocycles. The lowest BCUT2D eigenvalue weighted by Gasteiger charge is -2.12. The van der Waals surface area contributed by atoms with E-state index in [0.717, 1.165) is 5.56 Å². The molecular weight excluding hydrogens is 410 g/mol. The average Bonchev–Trinajstić information content (AvgIpc) is 3.30. The van der Waals surface area contributed by atoms with Crippen molar-refractivity contribution in [3.05, 3.63) is 83.4 Å². The van der Waals surface area contributed by atoms with Crippen LogP contribution in [0.25, 0.3) is 0 Å². The molecule has 0 saturated heterocycles. The second kappa shape index (κ2) is 9.53. The minimum Gasteiger partial charge on any atom is -0.484 e. The Labute approximate surface area is 184 Å². The molecule has 3 aromatic carbocycles. The summed E-state index contributed by atoms with van der Waals surface area (Å²) in [7, 11) is 0. The number of benzene rings is 3. The zero-order valence-corrected chi connectivity index (χ0v) is 17.0. The SMILES string of the molecule is N#Cc1ccc(OCC(=O)Nc2ccccc2C(=O)NCc2ccc3c(c2)OCO3)cc1. The molecule has 0 saturated carbocycles. The summed E-state index contributed by atoms with van der Waals surface area (Å²) in [6, 6.07) is 20.6. The Morgan fingerprint density at radius 2 is 1.78 bits per heavy atom. The zero-order chi connectivity index (χ0) is 22.3. The monoisotopic (exact) mass is 429 g/mol. The first-order chi connectivity index (χ1) is 15.6. The van der Waals surface area contributed by atoms with Gasteiger partial charge in [0, 0.05) is 6.54 Å². The van der Waals surface area contributed by atoms with E-state index in [0.29, 0.717) is 40.6 Å². The first-order valence-corrected chi connectivity index (χ1v) is 9.81. The van der Waals surface area contributed by atoms with Crippen LogP contribution in [0.2, 0.25) is 0 Å². The van der Waals surface area contributed by atoms with Crippen molar-refractivity contribution in [2.24, 2.45) is 0 Å². The van der Waals surface area contributed by atoms with E-state index in [1.807, 2.05) is 18.2 Å². The van der Waals surface area contributed by atoms with Crippen LogP contribution in [0.5, 0.6) is 17.2 Å². The number of anilines is 1. The average molecular weight is 429 g/mol. The number of hydrogen-bond acceptors (Lipinski definition) is 6. The van der Waals surface area contributed by atoms with Gasteiger partial charge in [-0.15, -0.1) is 0 Å². The molecule has 1 heterocycles. The largest absolute Gasteiger partial charge is 0.484 e. The third-order valence-electron chi connectivity index (χ3n) is 4.69. The third-order valence-corrected chi connectivity index (χ3v) is 4.69. The van der Waals surface area contributed by atoms with Gasteiger partial charge in [0.1, 0.15) is 5.75 Å². The molecule has 4 rings (SSSR count). The lowest BCUT2D eigenvalue weighted by molar-refractivity contribution is -0.118. The molecule has 0 radical (unpaired) electrons. The molecule has 2 N–H and O–H groups in total. The normalized spacial score (nSPS) is 11.3. The van der Waals surface area contributed by atoms with E-state index in [1.54, 1.807) is 54.6 Å². The molecule has 1 aliphatic heterocycles. The van der Waals surface area contributed by atoms with Crippen LogP contribution >= 0.6 is 0 Å². The maximum atomic E-state index is 12.7. The number of nitrogens with one attached hydrogen (secondary N) is 2. The lowest BCUT2D eigenvalue weighted by atomic mass is 10.1. The Balaban J connectivity index is 1.34. The molecule has 0 atom stereocenters. The zero-order valence-electron chi connectivity index (χ0n) is 17.0. The van der Waals surface area contributed by atoms with E-state index in [2.05, 4.69) is 10.6 Å². The van der Waals surface area contributed by atoms with Gasteiger partial charge in [0.2, 0.25) is 6.79 Å². The van der Waals surface area contributed by atoms with E-state index >= 15 is 0 Å². The standard InChI is InChI=1S/C24H19N3O5/c25-12-16-5-8-18(9-6-16)30-14-23(28)27-20-4-2-1-3-19(20)24(29)26-13-17-7-10-21-22(11-17)32-15-31-21/h1-11H,13-15H2,(H,26,29)(H,27,28). The number of carbonyl (C=O) groups is 2. The Morgan fingerprint density at radius 3 is 2.59 bits per heavy atom. The highest BCUT2D eigenvalue weighted by atomic mass is 16.7. The second-order valence-corrected chi connectivity index (χ2v) is 6.89. The Hall–Kier alpha value is -4.51. The van der Waals surface area contributed by atoms with E-state index in [4.69, 9.17) is 19.5 Å². The molecule has 2 amide bonds. The van der Waals surface area contributed by atoms with Gasteiger partial charge in [-0.05, 0) is 54.1 Å². The summed E-state index contributed by atoms with van der Waals surface area (Å²) < 4.78 is 16.1. The van der Waals surface area contributed by atoms with Crippen molar-refractivity contribution in [1.82, 2.24) is 5.32 Å². The van der Waals surface area contributed by atoms with Crippen LogP contribution in [0.15, 0.2) is 66.7 Å². The molecule has 0 unspecified atom stereocenters. The van der Waals surface area contributed by atoms with Gasteiger partial charge in [-0.25, -0.2) is 0 Å². The lowest BCUT2D eigenvalue weighted by Crippen LogP contribution is -2.26. The molecule has 1 aliphatic rings.